The predicted molar refractivity (Wildman–Crippen MR) is 80.9 cm³/mol. The van der Waals surface area contributed by atoms with Crippen LogP contribution >= 0.6 is 0 Å². The van der Waals surface area contributed by atoms with Crippen LogP contribution in [0, 0.1) is 6.92 Å². The van der Waals surface area contributed by atoms with Crippen molar-refractivity contribution in [2.24, 2.45) is 5.10 Å². The van der Waals surface area contributed by atoms with Crippen molar-refractivity contribution in [1.29, 1.82) is 0 Å². The number of rotatable bonds is 4. The Morgan fingerprint density at radius 1 is 1.29 bits per heavy atom. The molecule has 0 saturated carbocycles. The summed E-state index contributed by atoms with van der Waals surface area (Å²) in [5.41, 5.74) is 4.71. The van der Waals surface area contributed by atoms with Crippen molar-refractivity contribution < 1.29 is 14.6 Å². The summed E-state index contributed by atoms with van der Waals surface area (Å²) in [6.07, 6.45) is 1.58. The molecule has 5 heteroatoms. The van der Waals surface area contributed by atoms with E-state index in [1.807, 2.05) is 31.2 Å². The fraction of sp³-hybridized carbons (Fsp3) is 0.125. The first kappa shape index (κ1) is 14.6. The van der Waals surface area contributed by atoms with Crippen molar-refractivity contribution in [1.82, 2.24) is 5.43 Å². The molecule has 0 unspecified atom stereocenters. The van der Waals surface area contributed by atoms with Gasteiger partial charge in [-0.3, -0.25) is 4.79 Å². The molecule has 0 aliphatic rings. The third kappa shape index (κ3) is 3.60. The summed E-state index contributed by atoms with van der Waals surface area (Å²) in [5.74, 6) is -0.180. The number of nitrogens with one attached hydrogen (secondary N) is 1. The van der Waals surface area contributed by atoms with Crippen LogP contribution in [-0.4, -0.2) is 24.3 Å². The lowest BCUT2D eigenvalue weighted by Gasteiger charge is -2.05. The number of hydrogen-bond acceptors (Lipinski definition) is 4. The van der Waals surface area contributed by atoms with Crippen LogP contribution in [0.1, 0.15) is 21.5 Å². The zero-order chi connectivity index (χ0) is 15.2. The normalized spacial score (nSPS) is 10.6. The van der Waals surface area contributed by atoms with E-state index < -0.39 is 5.91 Å². The molecular weight excluding hydrogens is 268 g/mol. The number of nitrogens with zero attached hydrogens (tertiary/aromatic N) is 1. The van der Waals surface area contributed by atoms with E-state index in [1.54, 1.807) is 12.3 Å². The van der Waals surface area contributed by atoms with E-state index in [-0.39, 0.29) is 5.75 Å². The number of amides is 1. The van der Waals surface area contributed by atoms with E-state index in [4.69, 9.17) is 4.74 Å². The van der Waals surface area contributed by atoms with Crippen LogP contribution in [0.15, 0.2) is 47.6 Å². The summed E-state index contributed by atoms with van der Waals surface area (Å²) in [6.45, 7) is 1.96. The molecule has 0 spiro atoms. The average molecular weight is 284 g/mol. The number of methoxy groups -OCH3 is 1. The van der Waals surface area contributed by atoms with E-state index in [0.717, 1.165) is 11.1 Å². The SMILES string of the molecule is COc1ccc(C(=O)N/N=C/c2ccccc2C)cc1O. The maximum Gasteiger partial charge on any atom is 0.271 e. The Labute approximate surface area is 122 Å². The number of hydrogen-bond donors (Lipinski definition) is 2. The van der Waals surface area contributed by atoms with Crippen molar-refractivity contribution in [3.63, 3.8) is 0 Å². The zero-order valence-corrected chi connectivity index (χ0v) is 11.8. The van der Waals surface area contributed by atoms with Crippen molar-refractivity contribution in [2.75, 3.05) is 7.11 Å². The van der Waals surface area contributed by atoms with Crippen molar-refractivity contribution in [2.45, 2.75) is 6.92 Å². The molecule has 0 atom stereocenters. The van der Waals surface area contributed by atoms with E-state index in [0.29, 0.717) is 11.3 Å². The van der Waals surface area contributed by atoms with Gasteiger partial charge in [0.1, 0.15) is 0 Å². The van der Waals surface area contributed by atoms with Crippen LogP contribution in [0.25, 0.3) is 0 Å². The summed E-state index contributed by atoms with van der Waals surface area (Å²) >= 11 is 0. The molecule has 2 N–H and O–H groups in total. The highest BCUT2D eigenvalue weighted by atomic mass is 16.5. The van der Waals surface area contributed by atoms with Gasteiger partial charge >= 0.3 is 0 Å². The first-order valence-corrected chi connectivity index (χ1v) is 6.38. The molecule has 0 saturated heterocycles. The number of benzene rings is 2. The molecule has 2 aromatic rings. The smallest absolute Gasteiger partial charge is 0.271 e. The van der Waals surface area contributed by atoms with Gasteiger partial charge in [-0.25, -0.2) is 5.43 Å². The van der Waals surface area contributed by atoms with Gasteiger partial charge < -0.3 is 9.84 Å². The minimum Gasteiger partial charge on any atom is -0.504 e. The largest absolute Gasteiger partial charge is 0.504 e. The summed E-state index contributed by atoms with van der Waals surface area (Å²) in [4.78, 5) is 11.9. The molecule has 0 aromatic heterocycles. The molecule has 5 nitrogen and oxygen atoms in total. The Hall–Kier alpha value is -2.82. The topological polar surface area (TPSA) is 70.9 Å². The standard InChI is InChI=1S/C16H16N2O3/c1-11-5-3-4-6-13(11)10-17-18-16(20)12-7-8-15(21-2)14(19)9-12/h3-10,19H,1-2H3,(H,18,20)/b17-10+. The quantitative estimate of drug-likeness (QED) is 0.669. The number of carbonyl (C=O) groups is 1. The summed E-state index contributed by atoms with van der Waals surface area (Å²) in [7, 11) is 1.45. The molecule has 1 amide bonds. The molecule has 0 aliphatic carbocycles. The number of ether oxygens (including phenoxy) is 1. The summed E-state index contributed by atoms with van der Waals surface area (Å²) in [5, 5.41) is 13.6. The molecule has 0 bridgehead atoms. The molecule has 0 radical (unpaired) electrons. The van der Waals surface area contributed by atoms with E-state index in [1.165, 1.54) is 19.2 Å². The number of phenolic OH excluding ortho intramolecular Hbond substituents is 1. The van der Waals surface area contributed by atoms with Gasteiger partial charge in [0, 0.05) is 5.56 Å². The fourth-order valence-electron chi connectivity index (χ4n) is 1.79. The maximum atomic E-state index is 11.9. The van der Waals surface area contributed by atoms with Gasteiger partial charge in [-0.1, -0.05) is 24.3 Å². The van der Waals surface area contributed by atoms with Crippen LogP contribution in [-0.2, 0) is 0 Å². The minimum absolute atomic E-state index is 0.0898. The van der Waals surface area contributed by atoms with Crippen LogP contribution in [0.4, 0.5) is 0 Å². The Balaban J connectivity index is 2.05. The van der Waals surface area contributed by atoms with Gasteiger partial charge in [-0.2, -0.15) is 5.10 Å². The third-order valence-corrected chi connectivity index (χ3v) is 3.00. The minimum atomic E-state index is -0.405. The Morgan fingerprint density at radius 3 is 2.71 bits per heavy atom. The second-order valence-electron chi connectivity index (χ2n) is 4.44. The first-order valence-electron chi connectivity index (χ1n) is 6.38. The van der Waals surface area contributed by atoms with E-state index in [2.05, 4.69) is 10.5 Å². The molecule has 0 fully saturated rings. The number of aryl methyl sites for hydroxylation is 1. The van der Waals surface area contributed by atoms with Gasteiger partial charge in [0.15, 0.2) is 11.5 Å². The highest BCUT2D eigenvalue weighted by Gasteiger charge is 2.08. The van der Waals surface area contributed by atoms with Crippen molar-refractivity contribution >= 4 is 12.1 Å². The lowest BCUT2D eigenvalue weighted by Crippen LogP contribution is -2.17. The maximum absolute atomic E-state index is 11.9. The van der Waals surface area contributed by atoms with Gasteiger partial charge in [-0.05, 0) is 36.2 Å². The first-order chi connectivity index (χ1) is 10.1. The van der Waals surface area contributed by atoms with E-state index in [9.17, 15) is 9.90 Å². The fourth-order valence-corrected chi connectivity index (χ4v) is 1.79. The highest BCUT2D eigenvalue weighted by molar-refractivity contribution is 5.95. The lowest BCUT2D eigenvalue weighted by molar-refractivity contribution is 0.0954. The van der Waals surface area contributed by atoms with Gasteiger partial charge in [0.2, 0.25) is 0 Å². The Bertz CT molecular complexity index is 681. The number of aromatic hydroxyl groups is 1. The second kappa shape index (κ2) is 6.56. The summed E-state index contributed by atoms with van der Waals surface area (Å²) in [6, 6.07) is 12.1. The average Bonchev–Trinajstić information content (AvgIpc) is 2.49. The predicted octanol–water partition coefficient (Wildman–Crippen LogP) is 2.47. The number of hydrazone groups is 1. The molecule has 21 heavy (non-hydrogen) atoms. The second-order valence-corrected chi connectivity index (χ2v) is 4.44. The molecule has 0 aliphatic heterocycles. The number of phenols is 1. The van der Waals surface area contributed by atoms with Crippen LogP contribution in [0.2, 0.25) is 0 Å². The lowest BCUT2D eigenvalue weighted by atomic mass is 10.1. The van der Waals surface area contributed by atoms with Gasteiger partial charge in [0.25, 0.3) is 5.91 Å². The molecular formula is C16H16N2O3. The van der Waals surface area contributed by atoms with Crippen molar-refractivity contribution in [3.05, 3.63) is 59.2 Å². The van der Waals surface area contributed by atoms with E-state index >= 15 is 0 Å². The highest BCUT2D eigenvalue weighted by Crippen LogP contribution is 2.26. The molecule has 108 valence electrons. The molecule has 2 aromatic carbocycles. The zero-order valence-electron chi connectivity index (χ0n) is 11.8. The van der Waals surface area contributed by atoms with Gasteiger partial charge in [-0.15, -0.1) is 0 Å². The monoisotopic (exact) mass is 284 g/mol. The molecule has 0 heterocycles. The van der Waals surface area contributed by atoms with Crippen molar-refractivity contribution in [3.8, 4) is 11.5 Å². The summed E-state index contributed by atoms with van der Waals surface area (Å²) < 4.78 is 4.92. The molecule has 2 rings (SSSR count). The Kier molecular flexibility index (Phi) is 4.56. The van der Waals surface area contributed by atoms with Crippen LogP contribution in [0.5, 0.6) is 11.5 Å². The number of carbonyl (C=O) groups excluding carboxylic acids is 1. The Morgan fingerprint density at radius 2 is 2.05 bits per heavy atom. The van der Waals surface area contributed by atoms with Gasteiger partial charge in [0.05, 0.1) is 13.3 Å². The van der Waals surface area contributed by atoms with Crippen LogP contribution < -0.4 is 10.2 Å². The third-order valence-electron chi connectivity index (χ3n) is 3.00. The van der Waals surface area contributed by atoms with Crippen LogP contribution in [0.3, 0.4) is 0 Å².